The predicted molar refractivity (Wildman–Crippen MR) is 63.0 cm³/mol. The molecule has 0 aliphatic heterocycles. The van der Waals surface area contributed by atoms with Crippen molar-refractivity contribution in [3.05, 3.63) is 28.5 Å². The highest BCUT2D eigenvalue weighted by Crippen LogP contribution is 2.21. The summed E-state index contributed by atoms with van der Waals surface area (Å²) in [5.41, 5.74) is 1.97. The van der Waals surface area contributed by atoms with Crippen LogP contribution in [0.3, 0.4) is 0 Å². The van der Waals surface area contributed by atoms with Gasteiger partial charge in [0.05, 0.1) is 4.92 Å². The fourth-order valence-electron chi connectivity index (χ4n) is 1.30. The number of nitro groups is 1. The molecule has 0 fully saturated rings. The van der Waals surface area contributed by atoms with Crippen LogP contribution in [0.2, 0.25) is 0 Å². The fourth-order valence-corrected chi connectivity index (χ4v) is 1.30. The first-order chi connectivity index (χ1) is 9.20. The molecule has 0 aliphatic rings. The summed E-state index contributed by atoms with van der Waals surface area (Å²) in [5.74, 6) is 5.78. The van der Waals surface area contributed by atoms with Crippen LogP contribution in [0.5, 0.6) is 0 Å². The van der Waals surface area contributed by atoms with E-state index >= 15 is 0 Å². The first-order valence-electron chi connectivity index (χ1n) is 5.18. The number of rotatable bonds is 6. The van der Waals surface area contributed by atoms with Crippen molar-refractivity contribution < 1.29 is 9.45 Å². The quantitative estimate of drug-likeness (QED) is 0.360. The zero-order chi connectivity index (χ0) is 13.7. The molecule has 19 heavy (non-hydrogen) atoms. The summed E-state index contributed by atoms with van der Waals surface area (Å²) in [6, 6.07) is 0. The standard InChI is InChI=1S/C8H10N8O3/c9-14-8-11-3-5(16(17)18)7(13-8)10-2-1-6-12-4-19-15-6/h3-4H,1-2,9H2,(H2,10,11,13,14). The number of nitrogens with one attached hydrogen (secondary N) is 2. The number of nitrogens with two attached hydrogens (primary N) is 1. The van der Waals surface area contributed by atoms with Crippen LogP contribution in [0, 0.1) is 10.1 Å². The van der Waals surface area contributed by atoms with Gasteiger partial charge in [-0.3, -0.25) is 15.5 Å². The first kappa shape index (κ1) is 12.6. The number of anilines is 2. The summed E-state index contributed by atoms with van der Waals surface area (Å²) in [7, 11) is 0. The van der Waals surface area contributed by atoms with Crippen molar-refractivity contribution in [2.75, 3.05) is 17.3 Å². The Morgan fingerprint density at radius 1 is 1.47 bits per heavy atom. The Bertz CT molecular complexity index is 557. The molecule has 0 spiro atoms. The molecule has 0 unspecified atom stereocenters. The van der Waals surface area contributed by atoms with Crippen molar-refractivity contribution in [1.29, 1.82) is 0 Å². The lowest BCUT2D eigenvalue weighted by atomic mass is 10.4. The molecule has 2 aromatic heterocycles. The number of aromatic nitrogens is 4. The molecule has 0 saturated heterocycles. The normalized spacial score (nSPS) is 10.2. The van der Waals surface area contributed by atoms with Gasteiger partial charge in [0.25, 0.3) is 0 Å². The molecular weight excluding hydrogens is 256 g/mol. The Morgan fingerprint density at radius 2 is 2.32 bits per heavy atom. The van der Waals surface area contributed by atoms with Crippen molar-refractivity contribution >= 4 is 17.5 Å². The number of nitrogens with zero attached hydrogens (tertiary/aromatic N) is 5. The fraction of sp³-hybridized carbons (Fsp3) is 0.250. The van der Waals surface area contributed by atoms with E-state index in [-0.39, 0.29) is 17.5 Å². The second-order valence-electron chi connectivity index (χ2n) is 3.35. The average molecular weight is 266 g/mol. The van der Waals surface area contributed by atoms with Gasteiger partial charge in [0, 0.05) is 13.0 Å². The van der Waals surface area contributed by atoms with Gasteiger partial charge in [0.15, 0.2) is 5.82 Å². The maximum Gasteiger partial charge on any atom is 0.329 e. The highest BCUT2D eigenvalue weighted by molar-refractivity contribution is 5.56. The Kier molecular flexibility index (Phi) is 3.78. The van der Waals surface area contributed by atoms with Crippen molar-refractivity contribution in [2.24, 2.45) is 5.84 Å². The molecular formula is C8H10N8O3. The van der Waals surface area contributed by atoms with Gasteiger partial charge >= 0.3 is 5.69 Å². The van der Waals surface area contributed by atoms with E-state index in [1.165, 1.54) is 6.39 Å². The highest BCUT2D eigenvalue weighted by Gasteiger charge is 2.16. The Labute approximate surface area is 106 Å². The van der Waals surface area contributed by atoms with E-state index in [0.29, 0.717) is 18.8 Å². The summed E-state index contributed by atoms with van der Waals surface area (Å²) in [6.07, 6.45) is 2.71. The molecule has 0 aliphatic carbocycles. The van der Waals surface area contributed by atoms with Crippen LogP contribution < -0.4 is 16.6 Å². The van der Waals surface area contributed by atoms with Gasteiger partial charge in [-0.25, -0.2) is 10.8 Å². The zero-order valence-electron chi connectivity index (χ0n) is 9.61. The second-order valence-corrected chi connectivity index (χ2v) is 3.35. The number of hydrazine groups is 1. The third-order valence-corrected chi connectivity index (χ3v) is 2.14. The van der Waals surface area contributed by atoms with Gasteiger partial charge in [-0.15, -0.1) is 0 Å². The van der Waals surface area contributed by atoms with Crippen LogP contribution in [0.15, 0.2) is 17.1 Å². The predicted octanol–water partition coefficient (Wildman–Crippen LogP) is -0.292. The minimum Gasteiger partial charge on any atom is -0.364 e. The van der Waals surface area contributed by atoms with Crippen molar-refractivity contribution in [3.8, 4) is 0 Å². The van der Waals surface area contributed by atoms with E-state index in [1.54, 1.807) is 0 Å². The SMILES string of the molecule is NNc1ncc([N+](=O)[O-])c(NCCc2ncon2)n1. The van der Waals surface area contributed by atoms with Gasteiger partial charge in [-0.2, -0.15) is 9.97 Å². The number of nitrogen functional groups attached to an aromatic ring is 1. The molecule has 0 radical (unpaired) electrons. The topological polar surface area (TPSA) is 158 Å². The average Bonchev–Trinajstić information content (AvgIpc) is 2.91. The van der Waals surface area contributed by atoms with Crippen molar-refractivity contribution in [1.82, 2.24) is 20.1 Å². The summed E-state index contributed by atoms with van der Waals surface area (Å²) in [5, 5.41) is 17.2. The first-order valence-corrected chi connectivity index (χ1v) is 5.18. The van der Waals surface area contributed by atoms with Gasteiger partial charge in [0.1, 0.15) is 6.20 Å². The molecule has 0 aromatic carbocycles. The van der Waals surface area contributed by atoms with E-state index in [0.717, 1.165) is 6.20 Å². The monoisotopic (exact) mass is 266 g/mol. The molecule has 11 nitrogen and oxygen atoms in total. The van der Waals surface area contributed by atoms with E-state index in [2.05, 4.69) is 35.4 Å². The molecule has 11 heteroatoms. The number of hydrogen-bond acceptors (Lipinski definition) is 10. The smallest absolute Gasteiger partial charge is 0.329 e. The molecule has 0 bridgehead atoms. The van der Waals surface area contributed by atoms with E-state index in [1.807, 2.05) is 0 Å². The van der Waals surface area contributed by atoms with Crippen LogP contribution in [0.1, 0.15) is 5.82 Å². The molecule has 2 aromatic rings. The molecule has 4 N–H and O–H groups in total. The van der Waals surface area contributed by atoms with Crippen LogP contribution in [0.25, 0.3) is 0 Å². The van der Waals surface area contributed by atoms with Crippen LogP contribution >= 0.6 is 0 Å². The van der Waals surface area contributed by atoms with Crippen LogP contribution in [-0.4, -0.2) is 31.6 Å². The lowest BCUT2D eigenvalue weighted by Gasteiger charge is -2.05. The number of hydrogen-bond donors (Lipinski definition) is 3. The molecule has 100 valence electrons. The summed E-state index contributed by atoms with van der Waals surface area (Å²) < 4.78 is 4.57. The maximum absolute atomic E-state index is 10.8. The van der Waals surface area contributed by atoms with E-state index < -0.39 is 4.92 Å². The minimum atomic E-state index is -0.586. The molecule has 0 amide bonds. The molecule has 0 atom stereocenters. The highest BCUT2D eigenvalue weighted by atomic mass is 16.6. The Morgan fingerprint density at radius 3 is 2.95 bits per heavy atom. The van der Waals surface area contributed by atoms with Gasteiger partial charge in [-0.05, 0) is 0 Å². The molecule has 0 saturated carbocycles. The summed E-state index contributed by atoms with van der Waals surface area (Å²) in [4.78, 5) is 21.6. The second kappa shape index (κ2) is 5.68. The van der Waals surface area contributed by atoms with Gasteiger partial charge < -0.3 is 9.84 Å². The van der Waals surface area contributed by atoms with Crippen LogP contribution in [0.4, 0.5) is 17.5 Å². The lowest BCUT2D eigenvalue weighted by Crippen LogP contribution is -2.14. The summed E-state index contributed by atoms with van der Waals surface area (Å²) >= 11 is 0. The van der Waals surface area contributed by atoms with Gasteiger partial charge in [0.2, 0.25) is 18.2 Å². The van der Waals surface area contributed by atoms with Crippen molar-refractivity contribution in [3.63, 3.8) is 0 Å². The van der Waals surface area contributed by atoms with E-state index in [4.69, 9.17) is 5.84 Å². The van der Waals surface area contributed by atoms with Crippen LogP contribution in [-0.2, 0) is 6.42 Å². The Hall–Kier alpha value is -2.82. The van der Waals surface area contributed by atoms with Gasteiger partial charge in [-0.1, -0.05) is 5.16 Å². The zero-order valence-corrected chi connectivity index (χ0v) is 9.61. The lowest BCUT2D eigenvalue weighted by molar-refractivity contribution is -0.384. The largest absolute Gasteiger partial charge is 0.364 e. The maximum atomic E-state index is 10.8. The third kappa shape index (κ3) is 3.10. The molecule has 2 heterocycles. The summed E-state index contributed by atoms with van der Waals surface area (Å²) in [6.45, 7) is 0.349. The molecule has 2 rings (SSSR count). The van der Waals surface area contributed by atoms with E-state index in [9.17, 15) is 10.1 Å². The third-order valence-electron chi connectivity index (χ3n) is 2.14. The van der Waals surface area contributed by atoms with Crippen molar-refractivity contribution in [2.45, 2.75) is 6.42 Å². The Balaban J connectivity index is 2.06. The minimum absolute atomic E-state index is 0.0662.